The molecular weight excluding hydrogens is 576 g/mol. The van der Waals surface area contributed by atoms with E-state index in [0.29, 0.717) is 17.9 Å². The molecule has 1 saturated carbocycles. The summed E-state index contributed by atoms with van der Waals surface area (Å²) in [6, 6.07) is 8.33. The molecule has 2 aromatic rings. The molecule has 3 rings (SSSR count). The van der Waals surface area contributed by atoms with Crippen molar-refractivity contribution < 1.29 is 28.9 Å². The van der Waals surface area contributed by atoms with Crippen LogP contribution in [0.2, 0.25) is 0 Å². The molecule has 1 aliphatic carbocycles. The maximum absolute atomic E-state index is 12.9. The summed E-state index contributed by atoms with van der Waals surface area (Å²) >= 11 is 10.4. The Hall–Kier alpha value is -4.44. The molecule has 0 saturated heterocycles. The van der Waals surface area contributed by atoms with Crippen LogP contribution >= 0.6 is 24.4 Å². The Morgan fingerprint density at radius 1 is 0.902 bits per heavy atom. The lowest BCUT2D eigenvalue weighted by Gasteiger charge is -2.51. The van der Waals surface area contributed by atoms with Gasteiger partial charge in [-0.05, 0) is 66.5 Å². The summed E-state index contributed by atoms with van der Waals surface area (Å²) in [4.78, 5) is 47.1. The topological polar surface area (TPSA) is 187 Å². The van der Waals surface area contributed by atoms with Crippen LogP contribution in [0.3, 0.4) is 0 Å². The number of methoxy groups -OCH3 is 2. The van der Waals surface area contributed by atoms with Crippen molar-refractivity contribution in [2.75, 3.05) is 24.9 Å². The van der Waals surface area contributed by atoms with Gasteiger partial charge in [-0.1, -0.05) is 13.8 Å². The highest BCUT2D eigenvalue weighted by Crippen LogP contribution is 2.53. The molecule has 4 N–H and O–H groups in total. The molecule has 0 aliphatic heterocycles. The van der Waals surface area contributed by atoms with E-state index in [9.17, 15) is 29.8 Å². The molecule has 2 atom stereocenters. The SMILES string of the molecule is COc1ccc(NC(=S)NC(=O)C[C@H]2C[C@H](C(=O)NC(=S)Nc3ccc(OC)cc3[N+](=O)[O-])C2(C)C)c([N+](=O)[O-])c1. The van der Waals surface area contributed by atoms with Crippen molar-refractivity contribution in [3.05, 3.63) is 56.6 Å². The standard InChI is InChI=1S/C25H28N6O8S2/c1-25(2)13(10-21(32)28-23(40)26-17-7-5-14(38-3)11-19(17)30(34)35)9-16(25)22(33)29-24(41)27-18-8-6-15(39-4)12-20(18)31(36)37/h5-8,11-13,16H,9-10H2,1-4H3,(H2,26,28,32,40)(H2,27,29,33,41)/t13-,16-/m1/s1. The second-order valence-electron chi connectivity index (χ2n) is 9.74. The molecule has 0 spiro atoms. The van der Waals surface area contributed by atoms with Gasteiger partial charge in [-0.2, -0.15) is 0 Å². The Labute approximate surface area is 245 Å². The molecule has 2 amide bonds. The number of nitrogens with zero attached hydrogens (tertiary/aromatic N) is 2. The zero-order valence-corrected chi connectivity index (χ0v) is 24.1. The van der Waals surface area contributed by atoms with Gasteiger partial charge in [0.1, 0.15) is 22.9 Å². The second kappa shape index (κ2) is 12.8. The number of amides is 2. The predicted octanol–water partition coefficient (Wildman–Crippen LogP) is 3.90. The number of rotatable bonds is 9. The number of hydrogen-bond acceptors (Lipinski definition) is 10. The summed E-state index contributed by atoms with van der Waals surface area (Å²) in [5.74, 6) is -0.855. The minimum Gasteiger partial charge on any atom is -0.496 e. The molecule has 2 aromatic carbocycles. The normalized spacial score (nSPS) is 16.8. The van der Waals surface area contributed by atoms with Gasteiger partial charge in [0.05, 0.1) is 36.2 Å². The Balaban J connectivity index is 1.53. The highest BCUT2D eigenvalue weighted by molar-refractivity contribution is 7.80. The third-order valence-corrected chi connectivity index (χ3v) is 7.42. The van der Waals surface area contributed by atoms with Gasteiger partial charge in [0.15, 0.2) is 10.2 Å². The van der Waals surface area contributed by atoms with Crippen LogP contribution in [-0.4, -0.2) is 46.1 Å². The fraction of sp³-hybridized carbons (Fsp3) is 0.360. The van der Waals surface area contributed by atoms with Gasteiger partial charge in [-0.3, -0.25) is 29.8 Å². The van der Waals surface area contributed by atoms with Crippen molar-refractivity contribution in [3.63, 3.8) is 0 Å². The minimum absolute atomic E-state index is 0.0596. The lowest BCUT2D eigenvalue weighted by atomic mass is 9.53. The van der Waals surface area contributed by atoms with Gasteiger partial charge >= 0.3 is 0 Å². The zero-order valence-electron chi connectivity index (χ0n) is 22.5. The van der Waals surface area contributed by atoms with E-state index in [1.807, 2.05) is 13.8 Å². The zero-order chi connectivity index (χ0) is 30.5. The van der Waals surface area contributed by atoms with Crippen molar-refractivity contribution >= 4 is 69.2 Å². The van der Waals surface area contributed by atoms with E-state index >= 15 is 0 Å². The minimum atomic E-state index is -0.600. The third-order valence-electron chi connectivity index (χ3n) is 7.01. The lowest BCUT2D eigenvalue weighted by molar-refractivity contribution is -0.384. The quantitative estimate of drug-likeness (QED) is 0.184. The lowest BCUT2D eigenvalue weighted by Crippen LogP contribution is -2.55. The summed E-state index contributed by atoms with van der Waals surface area (Å²) in [7, 11) is 2.77. The summed E-state index contributed by atoms with van der Waals surface area (Å²) < 4.78 is 10.0. The van der Waals surface area contributed by atoms with E-state index in [0.717, 1.165) is 0 Å². The van der Waals surface area contributed by atoms with E-state index < -0.39 is 27.1 Å². The number of nitro groups is 2. The van der Waals surface area contributed by atoms with Gasteiger partial charge in [0, 0.05) is 12.3 Å². The highest BCUT2D eigenvalue weighted by Gasteiger charge is 2.52. The molecule has 0 unspecified atom stereocenters. The number of carbonyl (C=O) groups is 2. The van der Waals surface area contributed by atoms with Crippen LogP contribution in [-0.2, 0) is 9.59 Å². The smallest absolute Gasteiger partial charge is 0.296 e. The maximum atomic E-state index is 12.9. The van der Waals surface area contributed by atoms with Crippen LogP contribution < -0.4 is 30.7 Å². The maximum Gasteiger partial charge on any atom is 0.296 e. The van der Waals surface area contributed by atoms with Crippen LogP contribution in [0.1, 0.15) is 26.7 Å². The van der Waals surface area contributed by atoms with E-state index in [1.165, 1.54) is 50.6 Å². The number of carbonyl (C=O) groups excluding carboxylic acids is 2. The second-order valence-corrected chi connectivity index (χ2v) is 10.6. The molecule has 1 aliphatic rings. The molecule has 0 bridgehead atoms. The Morgan fingerprint density at radius 3 is 1.78 bits per heavy atom. The number of hydrogen-bond donors (Lipinski definition) is 4. The first-order valence-electron chi connectivity index (χ1n) is 12.1. The molecule has 0 radical (unpaired) electrons. The van der Waals surface area contributed by atoms with Crippen LogP contribution in [0, 0.1) is 37.5 Å². The van der Waals surface area contributed by atoms with Gasteiger partial charge in [0.2, 0.25) is 11.8 Å². The van der Waals surface area contributed by atoms with Gasteiger partial charge in [0.25, 0.3) is 11.4 Å². The summed E-state index contributed by atoms with van der Waals surface area (Å²) in [5, 5.41) is 33.0. The summed E-state index contributed by atoms with van der Waals surface area (Å²) in [5.41, 5.74) is -0.944. The first-order chi connectivity index (χ1) is 19.3. The van der Waals surface area contributed by atoms with E-state index in [-0.39, 0.29) is 51.2 Å². The largest absolute Gasteiger partial charge is 0.496 e. The van der Waals surface area contributed by atoms with E-state index in [4.69, 9.17) is 33.9 Å². The van der Waals surface area contributed by atoms with Crippen LogP contribution in [0.15, 0.2) is 36.4 Å². The third kappa shape index (κ3) is 7.40. The summed E-state index contributed by atoms with van der Waals surface area (Å²) in [6.07, 6.45) is 0.450. The molecule has 16 heteroatoms. The number of anilines is 2. The molecule has 0 heterocycles. The van der Waals surface area contributed by atoms with Crippen LogP contribution in [0.5, 0.6) is 11.5 Å². The number of nitro benzene ring substituents is 2. The molecular formula is C25H28N6O8S2. The van der Waals surface area contributed by atoms with Crippen molar-refractivity contribution in [1.29, 1.82) is 0 Å². The molecule has 1 fully saturated rings. The monoisotopic (exact) mass is 604 g/mol. The summed E-state index contributed by atoms with van der Waals surface area (Å²) in [6.45, 7) is 3.70. The molecule has 41 heavy (non-hydrogen) atoms. The van der Waals surface area contributed by atoms with Crippen molar-refractivity contribution in [3.8, 4) is 11.5 Å². The molecule has 218 valence electrons. The Bertz CT molecular complexity index is 1420. The fourth-order valence-corrected chi connectivity index (χ4v) is 4.94. The Morgan fingerprint density at radius 2 is 1.37 bits per heavy atom. The number of ether oxygens (including phenoxy) is 2. The van der Waals surface area contributed by atoms with E-state index in [1.54, 1.807) is 0 Å². The molecule has 0 aromatic heterocycles. The van der Waals surface area contributed by atoms with E-state index in [2.05, 4.69) is 21.3 Å². The van der Waals surface area contributed by atoms with Crippen molar-refractivity contribution in [1.82, 2.24) is 10.6 Å². The van der Waals surface area contributed by atoms with Gasteiger partial charge < -0.3 is 30.7 Å². The number of thiocarbonyl (C=S) groups is 2. The number of benzene rings is 2. The van der Waals surface area contributed by atoms with Gasteiger partial charge in [-0.25, -0.2) is 0 Å². The van der Waals surface area contributed by atoms with Gasteiger partial charge in [-0.15, -0.1) is 0 Å². The average molecular weight is 605 g/mol. The Kier molecular flexibility index (Phi) is 9.72. The highest BCUT2D eigenvalue weighted by atomic mass is 32.1. The first-order valence-corrected chi connectivity index (χ1v) is 13.0. The average Bonchev–Trinajstić information content (AvgIpc) is 2.90. The van der Waals surface area contributed by atoms with Crippen LogP contribution in [0.4, 0.5) is 22.7 Å². The predicted molar refractivity (Wildman–Crippen MR) is 158 cm³/mol. The van der Waals surface area contributed by atoms with Crippen molar-refractivity contribution in [2.45, 2.75) is 26.7 Å². The van der Waals surface area contributed by atoms with Crippen LogP contribution in [0.25, 0.3) is 0 Å². The number of nitrogens with one attached hydrogen (secondary N) is 4. The van der Waals surface area contributed by atoms with Crippen molar-refractivity contribution in [2.24, 2.45) is 17.3 Å². The fourth-order valence-electron chi connectivity index (χ4n) is 4.51. The molecule has 14 nitrogen and oxygen atoms in total. The first kappa shape index (κ1) is 31.1.